The van der Waals surface area contributed by atoms with E-state index in [1.54, 1.807) is 6.92 Å². The van der Waals surface area contributed by atoms with Crippen molar-refractivity contribution in [2.24, 2.45) is 0 Å². The second-order valence-electron chi connectivity index (χ2n) is 2.93. The highest BCUT2D eigenvalue weighted by molar-refractivity contribution is 5.19. The van der Waals surface area contributed by atoms with E-state index in [1.807, 2.05) is 0 Å². The average Bonchev–Trinajstić information content (AvgIpc) is 2.15. The van der Waals surface area contributed by atoms with E-state index in [9.17, 15) is 9.50 Å². The Bertz CT molecular complexity index is 339. The number of hydrogen-bond donors (Lipinski definition) is 2. The number of benzene rings is 1. The maximum absolute atomic E-state index is 12.6. The summed E-state index contributed by atoms with van der Waals surface area (Å²) < 4.78 is 33.6. The van der Waals surface area contributed by atoms with E-state index >= 15 is 0 Å². The van der Waals surface area contributed by atoms with E-state index in [0.717, 1.165) is 0 Å². The molecule has 2 N–H and O–H groups in total. The molecular weight excluding hydrogens is 170 g/mol. The van der Waals surface area contributed by atoms with Crippen LogP contribution in [0.3, 0.4) is 0 Å². The first-order valence-electron chi connectivity index (χ1n) is 5.51. The quantitative estimate of drug-likeness (QED) is 0.702. The van der Waals surface area contributed by atoms with Crippen LogP contribution < -0.4 is 5.32 Å². The predicted molar refractivity (Wildman–Crippen MR) is 49.9 cm³/mol. The maximum Gasteiger partial charge on any atom is 0.123 e. The summed E-state index contributed by atoms with van der Waals surface area (Å²) in [5.74, 6) is -0.396. The van der Waals surface area contributed by atoms with E-state index in [4.69, 9.17) is 4.11 Å². The molecule has 2 atom stereocenters. The first-order valence-corrected chi connectivity index (χ1v) is 4.01. The largest absolute Gasteiger partial charge is 0.387 e. The first-order chi connectivity index (χ1) is 7.29. The van der Waals surface area contributed by atoms with Gasteiger partial charge in [0, 0.05) is 10.2 Å². The lowest BCUT2D eigenvalue weighted by Gasteiger charge is -2.18. The van der Waals surface area contributed by atoms with Crippen LogP contribution in [0.25, 0.3) is 0 Å². The van der Waals surface area contributed by atoms with Crippen molar-refractivity contribution in [2.75, 3.05) is 6.98 Å². The molecule has 0 aliphatic carbocycles. The van der Waals surface area contributed by atoms with Crippen LogP contribution in [-0.2, 0) is 0 Å². The zero-order valence-corrected chi connectivity index (χ0v) is 7.29. The third-order valence-corrected chi connectivity index (χ3v) is 1.91. The van der Waals surface area contributed by atoms with Gasteiger partial charge in [-0.25, -0.2) is 4.39 Å². The molecule has 13 heavy (non-hydrogen) atoms. The molecule has 72 valence electrons. The van der Waals surface area contributed by atoms with Gasteiger partial charge in [0.1, 0.15) is 5.82 Å². The van der Waals surface area contributed by atoms with Gasteiger partial charge >= 0.3 is 0 Å². The fourth-order valence-corrected chi connectivity index (χ4v) is 1.03. The molecular formula is C10H14FNO. The minimum Gasteiger partial charge on any atom is -0.387 e. The van der Waals surface area contributed by atoms with Crippen molar-refractivity contribution in [2.45, 2.75) is 19.1 Å². The summed E-state index contributed by atoms with van der Waals surface area (Å²) in [6.07, 6.45) is -0.985. The Labute approximate surface area is 81.6 Å². The van der Waals surface area contributed by atoms with Crippen molar-refractivity contribution < 1.29 is 13.6 Å². The second kappa shape index (κ2) is 4.35. The van der Waals surface area contributed by atoms with E-state index in [2.05, 4.69) is 5.32 Å². The molecule has 1 aromatic rings. The molecule has 0 aliphatic rings. The highest BCUT2D eigenvalue weighted by atomic mass is 19.1. The molecule has 0 heterocycles. The SMILES string of the molecule is [2H][13C]([2H])([2H])NC(C)C(O)c1ccc(F)cc1. The number of aliphatic hydroxyl groups excluding tert-OH is 1. The smallest absolute Gasteiger partial charge is 0.123 e. The second-order valence-corrected chi connectivity index (χ2v) is 2.93. The summed E-state index contributed by atoms with van der Waals surface area (Å²) in [6, 6.07) is 4.66. The zero-order chi connectivity index (χ0) is 12.3. The summed E-state index contributed by atoms with van der Waals surface area (Å²) in [7, 11) is 0. The molecule has 2 nitrogen and oxygen atoms in total. The fourth-order valence-electron chi connectivity index (χ4n) is 1.03. The molecule has 0 radical (unpaired) electrons. The van der Waals surface area contributed by atoms with Crippen LogP contribution >= 0.6 is 0 Å². The number of nitrogens with one attached hydrogen (secondary N) is 1. The summed E-state index contributed by atoms with van der Waals surface area (Å²) in [5, 5.41) is 12.1. The van der Waals surface area contributed by atoms with Gasteiger partial charge in [0.15, 0.2) is 0 Å². The van der Waals surface area contributed by atoms with E-state index < -0.39 is 24.9 Å². The van der Waals surface area contributed by atoms with Crippen molar-refractivity contribution in [1.82, 2.24) is 5.32 Å². The predicted octanol–water partition coefficient (Wildman–Crippen LogP) is 1.47. The van der Waals surface area contributed by atoms with E-state index in [-0.39, 0.29) is 0 Å². The number of aliphatic hydroxyl groups is 1. The molecule has 2 unspecified atom stereocenters. The Morgan fingerprint density at radius 2 is 2.08 bits per heavy atom. The van der Waals surface area contributed by atoms with Gasteiger partial charge in [0.25, 0.3) is 0 Å². The van der Waals surface area contributed by atoms with E-state index in [0.29, 0.717) is 5.56 Å². The Hall–Kier alpha value is -0.930. The van der Waals surface area contributed by atoms with Crippen LogP contribution in [-0.4, -0.2) is 18.1 Å². The van der Waals surface area contributed by atoms with Gasteiger partial charge in [-0.3, -0.25) is 0 Å². The van der Waals surface area contributed by atoms with Crippen molar-refractivity contribution in [3.63, 3.8) is 0 Å². The van der Waals surface area contributed by atoms with Crippen molar-refractivity contribution in [3.05, 3.63) is 35.6 Å². The summed E-state index contributed by atoms with van der Waals surface area (Å²) in [4.78, 5) is 0. The van der Waals surface area contributed by atoms with Crippen molar-refractivity contribution >= 4 is 0 Å². The Balaban J connectivity index is 2.70. The molecule has 0 aliphatic heterocycles. The van der Waals surface area contributed by atoms with Gasteiger partial charge in [0.05, 0.1) is 6.10 Å². The maximum atomic E-state index is 12.6. The van der Waals surface area contributed by atoms with Crippen molar-refractivity contribution in [1.29, 1.82) is 0 Å². The minimum atomic E-state index is -2.31. The van der Waals surface area contributed by atoms with Crippen LogP contribution in [0, 0.1) is 5.82 Å². The monoisotopic (exact) mass is 187 g/mol. The lowest BCUT2D eigenvalue weighted by Crippen LogP contribution is -2.28. The Morgan fingerprint density at radius 3 is 2.62 bits per heavy atom. The number of halogens is 1. The first kappa shape index (κ1) is 6.51. The van der Waals surface area contributed by atoms with Gasteiger partial charge in [-0.15, -0.1) is 0 Å². The molecule has 0 saturated heterocycles. The lowest BCUT2D eigenvalue weighted by molar-refractivity contribution is 0.140. The summed E-state index contributed by atoms with van der Waals surface area (Å²) >= 11 is 0. The molecule has 0 saturated carbocycles. The third kappa shape index (κ3) is 2.50. The molecule has 0 aromatic heterocycles. The molecule has 1 rings (SSSR count). The lowest BCUT2D eigenvalue weighted by atomic mass is 10.0. The van der Waals surface area contributed by atoms with Crippen LogP contribution in [0.2, 0.25) is 0 Å². The highest BCUT2D eigenvalue weighted by Crippen LogP contribution is 2.16. The van der Waals surface area contributed by atoms with Crippen LogP contribution in [0.5, 0.6) is 0 Å². The number of rotatable bonds is 3. The molecule has 0 amide bonds. The molecule has 3 heteroatoms. The average molecular weight is 187 g/mol. The summed E-state index contributed by atoms with van der Waals surface area (Å²) in [6.45, 7) is -0.749. The standard InChI is InChI=1S/C10H14FNO/c1-7(12-2)10(13)8-3-5-9(11)6-4-8/h3-7,10,12-13H,1-2H3/i2+1D3. The van der Waals surface area contributed by atoms with Crippen LogP contribution in [0.1, 0.15) is 22.7 Å². The highest BCUT2D eigenvalue weighted by Gasteiger charge is 2.13. The summed E-state index contributed by atoms with van der Waals surface area (Å²) in [5.41, 5.74) is 0.477. The van der Waals surface area contributed by atoms with Crippen LogP contribution in [0.4, 0.5) is 4.39 Å². The fraction of sp³-hybridized carbons (Fsp3) is 0.400. The van der Waals surface area contributed by atoms with Crippen LogP contribution in [0.15, 0.2) is 24.3 Å². The third-order valence-electron chi connectivity index (χ3n) is 1.91. The molecule has 1 aromatic carbocycles. The van der Waals surface area contributed by atoms with Gasteiger partial charge in [-0.1, -0.05) is 12.1 Å². The van der Waals surface area contributed by atoms with Gasteiger partial charge in [0.2, 0.25) is 0 Å². The minimum absolute atomic E-state index is 0.396. The molecule has 0 bridgehead atoms. The number of likely N-dealkylation sites (N-methyl/N-ethyl adjacent to an activating group) is 1. The Morgan fingerprint density at radius 1 is 1.46 bits per heavy atom. The molecule has 0 fully saturated rings. The van der Waals surface area contributed by atoms with E-state index in [1.165, 1.54) is 24.3 Å². The van der Waals surface area contributed by atoms with Gasteiger partial charge < -0.3 is 10.4 Å². The normalized spacial score (nSPS) is 19.8. The zero-order valence-electron chi connectivity index (χ0n) is 10.3. The Kier molecular flexibility index (Phi) is 2.18. The molecule has 0 spiro atoms. The van der Waals surface area contributed by atoms with Gasteiger partial charge in [-0.05, 0) is 31.6 Å². The van der Waals surface area contributed by atoms with Crippen molar-refractivity contribution in [3.8, 4) is 0 Å². The topological polar surface area (TPSA) is 32.3 Å². The number of hydrogen-bond acceptors (Lipinski definition) is 2. The van der Waals surface area contributed by atoms with Gasteiger partial charge in [-0.2, -0.15) is 0 Å².